The van der Waals surface area contributed by atoms with Crippen molar-refractivity contribution in [2.45, 2.75) is 258 Å². The summed E-state index contributed by atoms with van der Waals surface area (Å²) in [5, 5.41) is 4.99. The van der Waals surface area contributed by atoms with Gasteiger partial charge in [0.25, 0.3) is 0 Å². The van der Waals surface area contributed by atoms with E-state index in [-0.39, 0.29) is 16.2 Å². The lowest BCUT2D eigenvalue weighted by Gasteiger charge is -2.35. The molecule has 11 aromatic rings. The van der Waals surface area contributed by atoms with Crippen LogP contribution in [0, 0.1) is 20.8 Å². The molecule has 0 radical (unpaired) electrons. The Morgan fingerprint density at radius 2 is 0.784 bits per heavy atom. The van der Waals surface area contributed by atoms with Crippen LogP contribution in [0.2, 0.25) is 0 Å². The molecule has 0 aliphatic heterocycles. The first kappa shape index (κ1) is 66.6. The van der Waals surface area contributed by atoms with Crippen LogP contribution >= 0.6 is 0 Å². The van der Waals surface area contributed by atoms with E-state index >= 15 is 0 Å². The molecule has 0 spiro atoms. The van der Waals surface area contributed by atoms with Gasteiger partial charge in [-0.05, 0) is 191 Å². The number of furan rings is 2. The van der Waals surface area contributed by atoms with E-state index in [9.17, 15) is 0 Å². The van der Waals surface area contributed by atoms with Crippen molar-refractivity contribution < 1.29 is 8.83 Å². The number of rotatable bonds is 32. The van der Waals surface area contributed by atoms with Gasteiger partial charge in [-0.1, -0.05) is 298 Å². The Morgan fingerprint density at radius 1 is 0.330 bits per heavy atom. The number of aryl methyl sites for hydroxylation is 3. The zero-order valence-electron chi connectivity index (χ0n) is 60.6. The largest absolute Gasteiger partial charge is 0.456 e. The third-order valence-corrected chi connectivity index (χ3v) is 24.0. The minimum Gasteiger partial charge on any atom is -0.456 e. The predicted molar refractivity (Wildman–Crippen MR) is 417 cm³/mol. The fourth-order valence-electron chi connectivity index (χ4n) is 18.8. The molecule has 0 amide bonds. The topological polar surface area (TPSA) is 29.5 Å². The van der Waals surface area contributed by atoms with Crippen molar-refractivity contribution in [1.29, 1.82) is 0 Å². The highest BCUT2D eigenvalue weighted by molar-refractivity contribution is 6.19. The van der Waals surface area contributed by atoms with Crippen LogP contribution in [0.1, 0.15) is 271 Å². The highest BCUT2D eigenvalue weighted by Crippen LogP contribution is 2.64. The van der Waals surface area contributed by atoms with E-state index in [0.29, 0.717) is 0 Å². The van der Waals surface area contributed by atoms with Crippen molar-refractivity contribution in [3.63, 3.8) is 0 Å². The van der Waals surface area contributed by atoms with Crippen LogP contribution < -0.4 is 4.90 Å². The van der Waals surface area contributed by atoms with Crippen molar-refractivity contribution in [3.05, 3.63) is 208 Å². The fourth-order valence-corrected chi connectivity index (χ4v) is 18.8. The molecule has 3 nitrogen and oxygen atoms in total. The maximum Gasteiger partial charge on any atom is 0.143 e. The Labute approximate surface area is 581 Å². The molecular weight excluding hydrogens is 1180 g/mol. The van der Waals surface area contributed by atoms with Crippen molar-refractivity contribution in [1.82, 2.24) is 0 Å². The first-order chi connectivity index (χ1) is 47.5. The van der Waals surface area contributed by atoms with Crippen LogP contribution in [0.5, 0.6) is 0 Å². The number of nitrogens with zero attached hydrogens (tertiary/aromatic N) is 1. The number of unbranched alkanes of at least 4 members (excludes halogenated alkanes) is 20. The fraction of sp³-hybridized carbons (Fsp3) is 0.426. The summed E-state index contributed by atoms with van der Waals surface area (Å²) in [5.41, 5.74) is 30.8. The van der Waals surface area contributed by atoms with Crippen LogP contribution in [0.25, 0.3) is 88.4 Å². The molecular formula is C94H109NO2. The van der Waals surface area contributed by atoms with Crippen LogP contribution in [0.4, 0.5) is 17.1 Å². The molecule has 502 valence electrons. The Morgan fingerprint density at radius 3 is 1.36 bits per heavy atom. The standard InChI is InChI=1S/C94H109NO2/c1-10-14-18-22-26-34-55-93(56-35-27-23-19-15-11-2)77-53-54-85-88(72-41-30-32-43-83(72)96-85)87(77)76-63-80-75(62-81(76)93)70-51-49-69(60-79(70)94(80,57-36-28-24-20-16-12-3)58-37-29-25-21-17-13-4)95(90-65(6)39-38-40-66(90)7)68-50-52-71-78(59-68)92(8,9)82-61-74(67-47-45-64(5)46-48-67)91-89(86(71)82)73-42-31-33-44-84(73)97-91/h30-33,38-54,59-63H,10-29,34-37,55-58H2,1-9H3. The zero-order chi connectivity index (χ0) is 66.8. The molecule has 14 rings (SSSR count). The SMILES string of the molecule is CCCCCCCCC1(CCCCCCCC)c2cc(N(c3ccc4c(c3)C(C)(C)c3cc(-c5ccc(C)cc5)c5oc6ccccc6c5c3-4)c3c(C)cccc3C)ccc2-c2cc3c(cc21)-c1c(ccc2oc4ccccc4c12)C3(CCCCCCCC)CCCCCCCC. The molecule has 97 heavy (non-hydrogen) atoms. The van der Waals surface area contributed by atoms with Crippen molar-refractivity contribution in [2.75, 3.05) is 4.90 Å². The number of fused-ring (bicyclic) bond motifs is 17. The Hall–Kier alpha value is -7.62. The van der Waals surface area contributed by atoms with E-state index in [2.05, 4.69) is 225 Å². The minimum absolute atomic E-state index is 0.0927. The average molecular weight is 1280 g/mol. The van der Waals surface area contributed by atoms with Crippen LogP contribution in [0.15, 0.2) is 167 Å². The normalized spacial score (nSPS) is 14.4. The van der Waals surface area contributed by atoms with Gasteiger partial charge in [-0.2, -0.15) is 0 Å². The summed E-state index contributed by atoms with van der Waals surface area (Å²) in [5.74, 6) is 0. The number of para-hydroxylation sites is 3. The number of anilines is 3. The summed E-state index contributed by atoms with van der Waals surface area (Å²) in [6.07, 6.45) is 35.7. The lowest BCUT2D eigenvalue weighted by Crippen LogP contribution is -2.27. The molecule has 3 aliphatic rings. The Kier molecular flexibility index (Phi) is 19.7. The highest BCUT2D eigenvalue weighted by Gasteiger charge is 2.49. The van der Waals surface area contributed by atoms with Crippen LogP contribution in [-0.4, -0.2) is 0 Å². The lowest BCUT2D eigenvalue weighted by molar-refractivity contribution is 0.394. The smallest absolute Gasteiger partial charge is 0.143 e. The van der Waals surface area contributed by atoms with Gasteiger partial charge in [0.05, 0.1) is 5.69 Å². The van der Waals surface area contributed by atoms with Crippen molar-refractivity contribution >= 4 is 60.9 Å². The molecule has 0 saturated carbocycles. The number of hydrogen-bond donors (Lipinski definition) is 0. The summed E-state index contributed by atoms with van der Waals surface area (Å²) in [7, 11) is 0. The maximum atomic E-state index is 6.98. The molecule has 2 heterocycles. The molecule has 0 saturated heterocycles. The van der Waals surface area contributed by atoms with Gasteiger partial charge < -0.3 is 13.7 Å². The average Bonchev–Trinajstić information content (AvgIpc) is 1.53. The summed E-state index contributed by atoms with van der Waals surface area (Å²) < 4.78 is 13.9. The first-order valence-electron chi connectivity index (χ1n) is 38.8. The second kappa shape index (κ2) is 28.7. The number of hydrogen-bond acceptors (Lipinski definition) is 3. The summed E-state index contributed by atoms with van der Waals surface area (Å²) in [6.45, 7) is 21.2. The van der Waals surface area contributed by atoms with Gasteiger partial charge in [-0.3, -0.25) is 0 Å². The Bertz CT molecular complexity index is 4560. The molecule has 3 heteroatoms. The van der Waals surface area contributed by atoms with E-state index in [1.54, 1.807) is 22.3 Å². The molecule has 0 unspecified atom stereocenters. The van der Waals surface area contributed by atoms with Crippen molar-refractivity contribution in [2.24, 2.45) is 0 Å². The van der Waals surface area contributed by atoms with E-state index in [4.69, 9.17) is 8.83 Å². The number of benzene rings is 9. The summed E-state index contributed by atoms with van der Waals surface area (Å²) >= 11 is 0. The van der Waals surface area contributed by atoms with Gasteiger partial charge >= 0.3 is 0 Å². The predicted octanol–water partition coefficient (Wildman–Crippen LogP) is 29.4. The second-order valence-corrected chi connectivity index (χ2v) is 30.8. The molecule has 0 fully saturated rings. The lowest BCUT2D eigenvalue weighted by atomic mass is 9.68. The van der Waals surface area contributed by atoms with E-state index < -0.39 is 0 Å². The van der Waals surface area contributed by atoms with E-state index in [1.807, 2.05) is 0 Å². The van der Waals surface area contributed by atoms with Crippen LogP contribution in [-0.2, 0) is 16.2 Å². The van der Waals surface area contributed by atoms with Gasteiger partial charge in [-0.15, -0.1) is 0 Å². The van der Waals surface area contributed by atoms with Gasteiger partial charge in [0, 0.05) is 54.7 Å². The van der Waals surface area contributed by atoms with E-state index in [1.165, 1.54) is 272 Å². The van der Waals surface area contributed by atoms with Gasteiger partial charge in [-0.25, -0.2) is 0 Å². The zero-order valence-corrected chi connectivity index (χ0v) is 60.6. The summed E-state index contributed by atoms with van der Waals surface area (Å²) in [4.78, 5) is 2.68. The van der Waals surface area contributed by atoms with Crippen molar-refractivity contribution in [3.8, 4) is 44.5 Å². The van der Waals surface area contributed by atoms with Gasteiger partial charge in [0.15, 0.2) is 0 Å². The van der Waals surface area contributed by atoms with Gasteiger partial charge in [0.1, 0.15) is 22.3 Å². The quantitative estimate of drug-likeness (QED) is 0.0394. The monoisotopic (exact) mass is 1280 g/mol. The molecule has 9 aromatic carbocycles. The summed E-state index contributed by atoms with van der Waals surface area (Å²) in [6, 6.07) is 62.1. The minimum atomic E-state index is -0.311. The molecule has 0 N–H and O–H groups in total. The third-order valence-electron chi connectivity index (χ3n) is 24.0. The molecule has 3 aliphatic carbocycles. The highest BCUT2D eigenvalue weighted by atomic mass is 16.3. The first-order valence-corrected chi connectivity index (χ1v) is 38.8. The van der Waals surface area contributed by atoms with E-state index in [0.717, 1.165) is 40.7 Å². The Balaban J connectivity index is 0.975. The molecule has 0 atom stereocenters. The van der Waals surface area contributed by atoms with Crippen LogP contribution in [0.3, 0.4) is 0 Å². The molecule has 2 aromatic heterocycles. The maximum absolute atomic E-state index is 6.98. The molecule has 0 bridgehead atoms. The third kappa shape index (κ3) is 12.1. The van der Waals surface area contributed by atoms with Gasteiger partial charge in [0.2, 0.25) is 0 Å². The second-order valence-electron chi connectivity index (χ2n) is 30.8.